The molecule has 2 fully saturated rings. The number of halogens is 1. The van der Waals surface area contributed by atoms with E-state index < -0.39 is 48.4 Å². The van der Waals surface area contributed by atoms with Crippen molar-refractivity contribution in [2.75, 3.05) is 23.4 Å². The smallest absolute Gasteiger partial charge is 0.269 e. The summed E-state index contributed by atoms with van der Waals surface area (Å²) in [4.78, 5) is 56.4. The molecule has 0 aliphatic carbocycles. The number of aliphatic hydroxyl groups is 1. The number of non-ortho nitro benzene ring substituents is 1. The molecule has 12 nitrogen and oxygen atoms in total. The maximum Gasteiger partial charge on any atom is 0.269 e. The number of anilines is 2. The van der Waals surface area contributed by atoms with E-state index in [1.165, 1.54) is 36.2 Å². The zero-order chi connectivity index (χ0) is 36.9. The van der Waals surface area contributed by atoms with Crippen LogP contribution in [-0.4, -0.2) is 72.4 Å². The Bertz CT molecular complexity index is 1920. The Morgan fingerprint density at radius 1 is 1.13 bits per heavy atom. The molecule has 0 aromatic heterocycles. The van der Waals surface area contributed by atoms with Crippen molar-refractivity contribution in [2.24, 2.45) is 5.92 Å². The average Bonchev–Trinajstić information content (AvgIpc) is 3.81. The van der Waals surface area contributed by atoms with E-state index >= 15 is 4.11 Å². The first-order chi connectivity index (χ1) is 24.8. The average molecular weight is 730 g/mol. The highest BCUT2D eigenvalue weighted by Crippen LogP contribution is 2.60. The summed E-state index contributed by atoms with van der Waals surface area (Å²) in [5.74, 6) is -1.71. The molecule has 0 radical (unpaired) electrons. The van der Waals surface area contributed by atoms with Crippen LogP contribution >= 0.6 is 0 Å². The highest BCUT2D eigenvalue weighted by molar-refractivity contribution is 6.72. The molecule has 52 heavy (non-hydrogen) atoms. The molecule has 2 saturated heterocycles. The maximum absolute atomic E-state index is 16.5. The van der Waals surface area contributed by atoms with Gasteiger partial charge in [-0.3, -0.25) is 24.5 Å². The molecule has 4 aliphatic rings. The number of nitrogens with zero attached hydrogens (tertiary/aromatic N) is 3. The molecule has 6 atom stereocenters. The number of amides is 3. The molecule has 3 N–H and O–H groups in total. The molecule has 4 heterocycles. The molecular weight excluding hydrogens is 686 g/mol. The normalized spacial score (nSPS) is 26.8. The molecule has 3 aromatic carbocycles. The van der Waals surface area contributed by atoms with Gasteiger partial charge in [-0.1, -0.05) is 43.3 Å². The second-order valence-corrected chi connectivity index (χ2v) is 18.8. The summed E-state index contributed by atoms with van der Waals surface area (Å²) in [5.41, 5.74) is 1.14. The molecule has 7 rings (SSSR count). The second kappa shape index (κ2) is 13.8. The Balaban J connectivity index is 1.21. The van der Waals surface area contributed by atoms with Crippen LogP contribution < -0.4 is 15.5 Å². The fourth-order valence-electron chi connectivity index (χ4n) is 8.91. The van der Waals surface area contributed by atoms with E-state index in [2.05, 4.69) is 10.6 Å². The van der Waals surface area contributed by atoms with Gasteiger partial charge in [0.05, 0.1) is 48.4 Å². The van der Waals surface area contributed by atoms with Crippen molar-refractivity contribution in [2.45, 2.75) is 88.1 Å². The number of nitro groups is 1. The van der Waals surface area contributed by atoms with Crippen LogP contribution in [0.1, 0.15) is 48.4 Å². The molecule has 274 valence electrons. The molecule has 14 heteroatoms. The van der Waals surface area contributed by atoms with Crippen molar-refractivity contribution >= 4 is 43.2 Å². The Morgan fingerprint density at radius 3 is 2.60 bits per heavy atom. The van der Waals surface area contributed by atoms with Crippen LogP contribution in [0.3, 0.4) is 0 Å². The number of aliphatic hydroxyl groups excluding tert-OH is 1. The Labute approximate surface area is 302 Å². The van der Waals surface area contributed by atoms with Crippen LogP contribution in [0.2, 0.25) is 18.6 Å². The number of rotatable bonds is 9. The minimum Gasteiger partial charge on any atom is -0.394 e. The van der Waals surface area contributed by atoms with Crippen molar-refractivity contribution in [1.82, 2.24) is 10.2 Å². The Morgan fingerprint density at radius 2 is 1.90 bits per heavy atom. The summed E-state index contributed by atoms with van der Waals surface area (Å²) in [6.07, 6.45) is 0.930. The number of carbonyl (C=O) groups is 3. The standard InChI is InChI=1S/C38H44FN5O7Si/c1-23-35(52(2,3)39)33(19-34(46)42-21-26-10-5-4-9-25(26)17-29(42)22-45)51-38(23)30-18-28(44(49)50)13-14-32(30)43(37(38)48)20-24-8-6-11-27(16-24)41-36(47)31-12-7-15-40-31/h4-6,8-11,13-14,16,18,23,29,31,33,35,40,45H,7,12,15,17,19-22H2,1-3H3,(H,41,47)/t23-,29+,31-,33+,35-,38+/m1/s1. The number of benzene rings is 3. The fraction of sp³-hybridized carbons (Fsp3) is 0.447. The third kappa shape index (κ3) is 6.31. The fourth-order valence-corrected chi connectivity index (χ4v) is 11.4. The quantitative estimate of drug-likeness (QED) is 0.121. The highest BCUT2D eigenvalue weighted by Gasteiger charge is 2.67. The summed E-state index contributed by atoms with van der Waals surface area (Å²) in [7, 11) is -3.66. The summed E-state index contributed by atoms with van der Waals surface area (Å²) in [5, 5.41) is 28.4. The van der Waals surface area contributed by atoms with Crippen molar-refractivity contribution in [3.05, 3.63) is 99.1 Å². The number of ether oxygens (including phenoxy) is 1. The van der Waals surface area contributed by atoms with E-state index in [0.717, 1.165) is 30.5 Å². The lowest BCUT2D eigenvalue weighted by atomic mass is 9.82. The molecule has 4 aliphatic heterocycles. The molecule has 0 saturated carbocycles. The van der Waals surface area contributed by atoms with Crippen LogP contribution in [0.5, 0.6) is 0 Å². The van der Waals surface area contributed by atoms with Crippen molar-refractivity contribution in [1.29, 1.82) is 0 Å². The van der Waals surface area contributed by atoms with Gasteiger partial charge in [-0.2, -0.15) is 0 Å². The maximum atomic E-state index is 16.5. The van der Waals surface area contributed by atoms with E-state index in [0.29, 0.717) is 23.4 Å². The van der Waals surface area contributed by atoms with E-state index in [9.17, 15) is 29.6 Å². The molecule has 3 aromatic rings. The lowest BCUT2D eigenvalue weighted by Crippen LogP contribution is -2.48. The van der Waals surface area contributed by atoms with E-state index in [1.54, 1.807) is 30.0 Å². The molecule has 0 bridgehead atoms. The van der Waals surface area contributed by atoms with Crippen LogP contribution in [0.15, 0.2) is 66.7 Å². The van der Waals surface area contributed by atoms with Crippen molar-refractivity contribution in [3.8, 4) is 0 Å². The predicted molar refractivity (Wildman–Crippen MR) is 195 cm³/mol. The zero-order valence-corrected chi connectivity index (χ0v) is 30.5. The number of fused-ring (bicyclic) bond motifs is 3. The van der Waals surface area contributed by atoms with Crippen LogP contribution in [0.25, 0.3) is 0 Å². The van der Waals surface area contributed by atoms with Crippen molar-refractivity contribution in [3.63, 3.8) is 0 Å². The Kier molecular flexibility index (Phi) is 9.53. The Hall–Kier alpha value is -4.50. The lowest BCUT2D eigenvalue weighted by Gasteiger charge is -2.37. The first-order valence-corrected chi connectivity index (χ1v) is 20.8. The minimum absolute atomic E-state index is 0.0585. The SMILES string of the molecule is C[C@@H]1[C@@H]([Si](C)(C)F)[C@H](CC(=O)N2Cc3ccccc3C[C@H]2CO)O[C@@]12C(=O)N(Cc1cccc(NC(=O)[C@H]3CCCN3)c1)c1ccc([N+](=O)[O-])cc12. The van der Waals surface area contributed by atoms with Gasteiger partial charge in [0, 0.05) is 41.4 Å². The van der Waals surface area contributed by atoms with Gasteiger partial charge in [-0.05, 0) is 73.8 Å². The van der Waals surface area contributed by atoms with Gasteiger partial charge < -0.3 is 34.4 Å². The van der Waals surface area contributed by atoms with Crippen LogP contribution in [0.4, 0.5) is 21.2 Å². The number of hydrogen-bond acceptors (Lipinski definition) is 8. The number of nitrogens with one attached hydrogen (secondary N) is 2. The topological polar surface area (TPSA) is 154 Å². The summed E-state index contributed by atoms with van der Waals surface area (Å²) in [6.45, 7) is 5.70. The van der Waals surface area contributed by atoms with E-state index in [4.69, 9.17) is 4.74 Å². The van der Waals surface area contributed by atoms with Gasteiger partial charge in [0.1, 0.15) is 0 Å². The largest absolute Gasteiger partial charge is 0.394 e. The number of nitro benzene ring substituents is 1. The highest BCUT2D eigenvalue weighted by atomic mass is 28.4. The van der Waals surface area contributed by atoms with Gasteiger partial charge >= 0.3 is 0 Å². The van der Waals surface area contributed by atoms with Crippen molar-refractivity contribution < 1.29 is 33.3 Å². The summed E-state index contributed by atoms with van der Waals surface area (Å²) >= 11 is 0. The zero-order valence-electron chi connectivity index (χ0n) is 29.5. The van der Waals surface area contributed by atoms with Gasteiger partial charge in [-0.25, -0.2) is 0 Å². The van der Waals surface area contributed by atoms with E-state index in [-0.39, 0.29) is 55.2 Å². The molecular formula is C38H44FN5O7Si. The van der Waals surface area contributed by atoms with Gasteiger partial charge in [-0.15, -0.1) is 0 Å². The third-order valence-electron chi connectivity index (χ3n) is 11.3. The van der Waals surface area contributed by atoms with E-state index in [1.807, 2.05) is 30.3 Å². The second-order valence-electron chi connectivity index (χ2n) is 15.0. The number of hydrogen-bond donors (Lipinski definition) is 3. The lowest BCUT2D eigenvalue weighted by molar-refractivity contribution is -0.385. The van der Waals surface area contributed by atoms with Gasteiger partial charge in [0.25, 0.3) is 11.6 Å². The first-order valence-electron chi connectivity index (χ1n) is 17.9. The van der Waals surface area contributed by atoms with Gasteiger partial charge in [0.2, 0.25) is 20.2 Å². The summed E-state index contributed by atoms with van der Waals surface area (Å²) in [6, 6.07) is 18.3. The third-order valence-corrected chi connectivity index (χ3v) is 13.8. The molecule has 1 spiro atoms. The number of carbonyl (C=O) groups excluding carboxylic acids is 3. The molecule has 0 unspecified atom stereocenters. The predicted octanol–water partition coefficient (Wildman–Crippen LogP) is 4.94. The minimum atomic E-state index is -3.66. The first kappa shape index (κ1) is 35.9. The molecule has 3 amide bonds. The summed E-state index contributed by atoms with van der Waals surface area (Å²) < 4.78 is 23.2. The van der Waals surface area contributed by atoms with Crippen LogP contribution in [0, 0.1) is 16.0 Å². The van der Waals surface area contributed by atoms with Gasteiger partial charge in [0.15, 0.2) is 5.60 Å². The monoisotopic (exact) mass is 729 g/mol. The van der Waals surface area contributed by atoms with Crippen LogP contribution in [-0.2, 0) is 44.2 Å².